The maximum atomic E-state index is 12.4. The van der Waals surface area contributed by atoms with Crippen LogP contribution in [0.1, 0.15) is 23.7 Å². The Balaban J connectivity index is 2.25. The third-order valence-corrected chi connectivity index (χ3v) is 3.54. The van der Waals surface area contributed by atoms with Crippen molar-refractivity contribution in [1.29, 1.82) is 0 Å². The van der Waals surface area contributed by atoms with Gasteiger partial charge in [0.25, 0.3) is 5.91 Å². The summed E-state index contributed by atoms with van der Waals surface area (Å²) in [5.41, 5.74) is 0.972. The molecule has 6 heteroatoms. The van der Waals surface area contributed by atoms with Gasteiger partial charge in [-0.1, -0.05) is 36.2 Å². The van der Waals surface area contributed by atoms with Gasteiger partial charge in [0.1, 0.15) is 0 Å². The normalized spacial score (nSPS) is 10.3. The molecule has 2 aromatic rings. The fourth-order valence-electron chi connectivity index (χ4n) is 1.96. The van der Waals surface area contributed by atoms with Crippen LogP contribution in [0.3, 0.4) is 0 Å². The molecule has 0 aliphatic carbocycles. The van der Waals surface area contributed by atoms with Gasteiger partial charge < -0.3 is 14.8 Å². The van der Waals surface area contributed by atoms with Crippen LogP contribution in [-0.4, -0.2) is 19.6 Å². The standard InChI is InChI=1S/C17H17Cl2NO3/c1-3-7-23-16-14(19)8-11(9-15(16)22-2)17(21)20-13-6-4-5-12(18)10-13/h4-6,8-10H,3,7H2,1-2H3,(H,20,21). The lowest BCUT2D eigenvalue weighted by Gasteiger charge is -2.14. The second-order valence-electron chi connectivity index (χ2n) is 4.80. The fraction of sp³-hybridized carbons (Fsp3) is 0.235. The lowest BCUT2D eigenvalue weighted by atomic mass is 10.1. The number of anilines is 1. The highest BCUT2D eigenvalue weighted by Gasteiger charge is 2.16. The quantitative estimate of drug-likeness (QED) is 0.790. The Morgan fingerprint density at radius 3 is 2.65 bits per heavy atom. The molecule has 4 nitrogen and oxygen atoms in total. The Kier molecular flexibility index (Phi) is 6.13. The Bertz CT molecular complexity index is 704. The molecule has 0 atom stereocenters. The molecule has 122 valence electrons. The molecule has 2 rings (SSSR count). The molecule has 0 aliphatic heterocycles. The van der Waals surface area contributed by atoms with Gasteiger partial charge in [-0.3, -0.25) is 4.79 Å². The van der Waals surface area contributed by atoms with Gasteiger partial charge in [-0.2, -0.15) is 0 Å². The number of carbonyl (C=O) groups is 1. The summed E-state index contributed by atoms with van der Waals surface area (Å²) >= 11 is 12.1. The van der Waals surface area contributed by atoms with Crippen molar-refractivity contribution < 1.29 is 14.3 Å². The van der Waals surface area contributed by atoms with Crippen LogP contribution in [0.4, 0.5) is 5.69 Å². The molecular formula is C17H17Cl2NO3. The van der Waals surface area contributed by atoms with Gasteiger partial charge in [0.05, 0.1) is 18.7 Å². The Morgan fingerprint density at radius 2 is 2.00 bits per heavy atom. The highest BCUT2D eigenvalue weighted by Crippen LogP contribution is 2.36. The van der Waals surface area contributed by atoms with Crippen molar-refractivity contribution in [3.8, 4) is 11.5 Å². The predicted octanol–water partition coefficient (Wildman–Crippen LogP) is 5.04. The third-order valence-electron chi connectivity index (χ3n) is 3.02. The summed E-state index contributed by atoms with van der Waals surface area (Å²) in [5.74, 6) is 0.548. The first-order chi connectivity index (χ1) is 11.0. The van der Waals surface area contributed by atoms with E-state index in [9.17, 15) is 4.79 Å². The molecule has 23 heavy (non-hydrogen) atoms. The summed E-state index contributed by atoms with van der Waals surface area (Å²) in [4.78, 5) is 12.4. The van der Waals surface area contributed by atoms with E-state index in [4.69, 9.17) is 32.7 Å². The molecule has 0 aliphatic rings. The molecule has 2 aromatic carbocycles. The molecule has 0 unspecified atom stereocenters. The predicted molar refractivity (Wildman–Crippen MR) is 93.2 cm³/mol. The SMILES string of the molecule is CCCOc1c(Cl)cc(C(=O)Nc2cccc(Cl)c2)cc1OC. The third kappa shape index (κ3) is 4.53. The Morgan fingerprint density at radius 1 is 1.22 bits per heavy atom. The summed E-state index contributed by atoms with van der Waals surface area (Å²) < 4.78 is 10.8. The molecule has 0 saturated heterocycles. The molecule has 0 aromatic heterocycles. The van der Waals surface area contributed by atoms with Crippen molar-refractivity contribution in [2.75, 3.05) is 19.0 Å². The van der Waals surface area contributed by atoms with Crippen LogP contribution < -0.4 is 14.8 Å². The molecule has 1 amide bonds. The topological polar surface area (TPSA) is 47.6 Å². The lowest BCUT2D eigenvalue weighted by molar-refractivity contribution is 0.102. The summed E-state index contributed by atoms with van der Waals surface area (Å²) in [6.07, 6.45) is 0.844. The van der Waals surface area contributed by atoms with E-state index in [1.807, 2.05) is 6.92 Å². The first-order valence-corrected chi connectivity index (χ1v) is 7.88. The van der Waals surface area contributed by atoms with Crippen molar-refractivity contribution >= 4 is 34.8 Å². The van der Waals surface area contributed by atoms with E-state index in [1.54, 1.807) is 36.4 Å². The minimum atomic E-state index is -0.311. The summed E-state index contributed by atoms with van der Waals surface area (Å²) in [6, 6.07) is 10.0. The van der Waals surface area contributed by atoms with Crippen LogP contribution in [0, 0.1) is 0 Å². The molecule has 0 bridgehead atoms. The van der Waals surface area contributed by atoms with E-state index in [-0.39, 0.29) is 5.91 Å². The number of benzene rings is 2. The number of rotatable bonds is 6. The Labute approximate surface area is 145 Å². The van der Waals surface area contributed by atoms with E-state index in [0.29, 0.717) is 39.4 Å². The van der Waals surface area contributed by atoms with Gasteiger partial charge in [0.15, 0.2) is 11.5 Å². The summed E-state index contributed by atoms with van der Waals surface area (Å²) in [7, 11) is 1.50. The highest BCUT2D eigenvalue weighted by atomic mass is 35.5. The van der Waals surface area contributed by atoms with E-state index in [1.165, 1.54) is 7.11 Å². The van der Waals surface area contributed by atoms with Gasteiger partial charge in [-0.15, -0.1) is 0 Å². The summed E-state index contributed by atoms with van der Waals surface area (Å²) in [5, 5.41) is 3.63. The van der Waals surface area contributed by atoms with Gasteiger partial charge in [0.2, 0.25) is 0 Å². The van der Waals surface area contributed by atoms with Gasteiger partial charge >= 0.3 is 0 Å². The van der Waals surface area contributed by atoms with Crippen molar-refractivity contribution in [2.45, 2.75) is 13.3 Å². The van der Waals surface area contributed by atoms with E-state index in [0.717, 1.165) is 6.42 Å². The van der Waals surface area contributed by atoms with E-state index >= 15 is 0 Å². The van der Waals surface area contributed by atoms with Crippen LogP contribution in [0.2, 0.25) is 10.0 Å². The molecule has 0 heterocycles. The van der Waals surface area contributed by atoms with Crippen molar-refractivity contribution in [3.63, 3.8) is 0 Å². The molecule has 1 N–H and O–H groups in total. The zero-order valence-electron chi connectivity index (χ0n) is 12.9. The Hall–Kier alpha value is -1.91. The number of halogens is 2. The van der Waals surface area contributed by atoms with Crippen LogP contribution >= 0.6 is 23.2 Å². The molecule has 0 spiro atoms. The molecule has 0 radical (unpaired) electrons. The average Bonchev–Trinajstić information content (AvgIpc) is 2.53. The minimum absolute atomic E-state index is 0.311. The number of nitrogens with one attached hydrogen (secondary N) is 1. The number of methoxy groups -OCH3 is 1. The minimum Gasteiger partial charge on any atom is -0.493 e. The highest BCUT2D eigenvalue weighted by molar-refractivity contribution is 6.33. The van der Waals surface area contributed by atoms with Gasteiger partial charge in [-0.25, -0.2) is 0 Å². The average molecular weight is 354 g/mol. The maximum Gasteiger partial charge on any atom is 0.255 e. The van der Waals surface area contributed by atoms with E-state index in [2.05, 4.69) is 5.32 Å². The van der Waals surface area contributed by atoms with Crippen LogP contribution in [0.25, 0.3) is 0 Å². The second kappa shape index (κ2) is 8.09. The summed E-state index contributed by atoms with van der Waals surface area (Å²) in [6.45, 7) is 2.51. The van der Waals surface area contributed by atoms with Crippen molar-refractivity contribution in [3.05, 3.63) is 52.0 Å². The number of ether oxygens (including phenoxy) is 2. The zero-order valence-corrected chi connectivity index (χ0v) is 14.4. The van der Waals surface area contributed by atoms with Crippen molar-refractivity contribution in [2.24, 2.45) is 0 Å². The smallest absolute Gasteiger partial charge is 0.255 e. The number of amides is 1. The van der Waals surface area contributed by atoms with Gasteiger partial charge in [0, 0.05) is 16.3 Å². The molecule has 0 saturated carbocycles. The fourth-order valence-corrected chi connectivity index (χ4v) is 2.42. The number of carbonyl (C=O) groups excluding carboxylic acids is 1. The second-order valence-corrected chi connectivity index (χ2v) is 5.65. The van der Waals surface area contributed by atoms with Gasteiger partial charge in [-0.05, 0) is 36.8 Å². The number of hydrogen-bond donors (Lipinski definition) is 1. The van der Waals surface area contributed by atoms with Crippen LogP contribution in [0.15, 0.2) is 36.4 Å². The maximum absolute atomic E-state index is 12.4. The monoisotopic (exact) mass is 353 g/mol. The first-order valence-electron chi connectivity index (χ1n) is 7.12. The number of hydrogen-bond acceptors (Lipinski definition) is 3. The largest absolute Gasteiger partial charge is 0.493 e. The molecular weight excluding hydrogens is 337 g/mol. The van der Waals surface area contributed by atoms with Crippen LogP contribution in [0.5, 0.6) is 11.5 Å². The van der Waals surface area contributed by atoms with Crippen LogP contribution in [-0.2, 0) is 0 Å². The zero-order chi connectivity index (χ0) is 16.8. The first kappa shape index (κ1) is 17.4. The van der Waals surface area contributed by atoms with E-state index < -0.39 is 0 Å². The lowest BCUT2D eigenvalue weighted by Crippen LogP contribution is -2.12. The van der Waals surface area contributed by atoms with Crippen molar-refractivity contribution in [1.82, 2.24) is 0 Å². The molecule has 0 fully saturated rings.